The molecule has 3 atom stereocenters. The van der Waals surface area contributed by atoms with Crippen LogP contribution in [-0.4, -0.2) is 23.3 Å². The normalized spacial score (nSPS) is 30.0. The fraction of sp³-hybridized carbons (Fsp3) is 1.00. The van der Waals surface area contributed by atoms with Crippen LogP contribution in [0.5, 0.6) is 0 Å². The SMILES string of the molecule is CCC(C)C(C)(O)CNC1CCCC1(C)C. The Bertz CT molecular complexity index is 223. The van der Waals surface area contributed by atoms with E-state index in [1.165, 1.54) is 19.3 Å². The molecule has 2 nitrogen and oxygen atoms in total. The minimum atomic E-state index is -0.576. The van der Waals surface area contributed by atoms with Crippen molar-refractivity contribution in [1.82, 2.24) is 5.32 Å². The van der Waals surface area contributed by atoms with E-state index in [0.29, 0.717) is 17.4 Å². The van der Waals surface area contributed by atoms with Gasteiger partial charge >= 0.3 is 0 Å². The lowest BCUT2D eigenvalue weighted by atomic mass is 9.85. The van der Waals surface area contributed by atoms with Gasteiger partial charge in [-0.3, -0.25) is 0 Å². The van der Waals surface area contributed by atoms with Gasteiger partial charge in [-0.1, -0.05) is 40.5 Å². The van der Waals surface area contributed by atoms with E-state index in [1.807, 2.05) is 6.92 Å². The summed E-state index contributed by atoms with van der Waals surface area (Å²) in [6.45, 7) is 11.6. The van der Waals surface area contributed by atoms with Crippen LogP contribution in [0.1, 0.15) is 60.3 Å². The number of rotatable bonds is 5. The van der Waals surface area contributed by atoms with E-state index < -0.39 is 5.60 Å². The van der Waals surface area contributed by atoms with Crippen LogP contribution in [0.4, 0.5) is 0 Å². The van der Waals surface area contributed by atoms with Crippen LogP contribution in [0.2, 0.25) is 0 Å². The van der Waals surface area contributed by atoms with E-state index in [9.17, 15) is 5.11 Å². The minimum absolute atomic E-state index is 0.351. The van der Waals surface area contributed by atoms with Crippen molar-refractivity contribution in [2.24, 2.45) is 11.3 Å². The Hall–Kier alpha value is -0.0800. The highest BCUT2D eigenvalue weighted by Gasteiger charge is 2.36. The average molecular weight is 227 g/mol. The monoisotopic (exact) mass is 227 g/mol. The zero-order valence-corrected chi connectivity index (χ0v) is 11.6. The van der Waals surface area contributed by atoms with Crippen LogP contribution < -0.4 is 5.32 Å². The van der Waals surface area contributed by atoms with Gasteiger partial charge in [0.05, 0.1) is 5.60 Å². The third-order valence-corrected chi connectivity index (χ3v) is 4.64. The van der Waals surface area contributed by atoms with E-state index in [4.69, 9.17) is 0 Å². The van der Waals surface area contributed by atoms with Crippen LogP contribution in [0.15, 0.2) is 0 Å². The molecule has 0 saturated heterocycles. The Morgan fingerprint density at radius 2 is 2.12 bits per heavy atom. The average Bonchev–Trinajstić information content (AvgIpc) is 2.53. The molecule has 0 spiro atoms. The van der Waals surface area contributed by atoms with Gasteiger partial charge in [0.15, 0.2) is 0 Å². The van der Waals surface area contributed by atoms with Crippen LogP contribution >= 0.6 is 0 Å². The van der Waals surface area contributed by atoms with Crippen molar-refractivity contribution in [3.63, 3.8) is 0 Å². The van der Waals surface area contributed by atoms with Gasteiger partial charge < -0.3 is 10.4 Å². The zero-order chi connectivity index (χ0) is 12.4. The van der Waals surface area contributed by atoms with Crippen molar-refractivity contribution in [3.05, 3.63) is 0 Å². The second-order valence-corrected chi connectivity index (χ2v) is 6.48. The Labute approximate surface area is 101 Å². The van der Waals surface area contributed by atoms with E-state index >= 15 is 0 Å². The van der Waals surface area contributed by atoms with E-state index in [2.05, 4.69) is 33.0 Å². The van der Waals surface area contributed by atoms with Gasteiger partial charge in [-0.2, -0.15) is 0 Å². The highest BCUT2D eigenvalue weighted by Crippen LogP contribution is 2.37. The summed E-state index contributed by atoms with van der Waals surface area (Å²) in [5.74, 6) is 0.351. The van der Waals surface area contributed by atoms with Gasteiger partial charge in [0.2, 0.25) is 0 Å². The smallest absolute Gasteiger partial charge is 0.0768 e. The summed E-state index contributed by atoms with van der Waals surface area (Å²) in [6.07, 6.45) is 4.90. The Morgan fingerprint density at radius 3 is 2.56 bits per heavy atom. The summed E-state index contributed by atoms with van der Waals surface area (Å²) < 4.78 is 0. The number of aliphatic hydroxyl groups is 1. The molecule has 0 heterocycles. The summed E-state index contributed by atoms with van der Waals surface area (Å²) >= 11 is 0. The molecule has 0 aromatic heterocycles. The maximum Gasteiger partial charge on any atom is 0.0768 e. The first-order valence-corrected chi connectivity index (χ1v) is 6.75. The van der Waals surface area contributed by atoms with E-state index in [0.717, 1.165) is 13.0 Å². The largest absolute Gasteiger partial charge is 0.389 e. The van der Waals surface area contributed by atoms with Crippen LogP contribution in [-0.2, 0) is 0 Å². The van der Waals surface area contributed by atoms with Crippen molar-refractivity contribution in [1.29, 1.82) is 0 Å². The molecule has 2 N–H and O–H groups in total. The molecule has 3 unspecified atom stereocenters. The van der Waals surface area contributed by atoms with Crippen molar-refractivity contribution in [2.45, 2.75) is 71.9 Å². The van der Waals surface area contributed by atoms with Gasteiger partial charge in [-0.05, 0) is 31.1 Å². The van der Waals surface area contributed by atoms with Crippen molar-refractivity contribution in [2.75, 3.05) is 6.54 Å². The first-order valence-electron chi connectivity index (χ1n) is 6.75. The molecule has 0 amide bonds. The molecule has 0 bridgehead atoms. The quantitative estimate of drug-likeness (QED) is 0.757. The first kappa shape index (κ1) is 14.0. The van der Waals surface area contributed by atoms with Crippen molar-refractivity contribution in [3.8, 4) is 0 Å². The van der Waals surface area contributed by atoms with Crippen LogP contribution in [0, 0.1) is 11.3 Å². The fourth-order valence-corrected chi connectivity index (χ4v) is 2.65. The molecule has 96 valence electrons. The Kier molecular flexibility index (Phi) is 4.42. The van der Waals surface area contributed by atoms with Crippen molar-refractivity contribution < 1.29 is 5.11 Å². The lowest BCUT2D eigenvalue weighted by molar-refractivity contribution is 0.000661. The predicted octanol–water partition coefficient (Wildman–Crippen LogP) is 2.95. The molecular formula is C14H29NO. The minimum Gasteiger partial charge on any atom is -0.389 e. The summed E-state index contributed by atoms with van der Waals surface area (Å²) in [5, 5.41) is 13.9. The van der Waals surface area contributed by atoms with E-state index in [1.54, 1.807) is 0 Å². The molecular weight excluding hydrogens is 198 g/mol. The lowest BCUT2D eigenvalue weighted by Gasteiger charge is -2.35. The van der Waals surface area contributed by atoms with Gasteiger partial charge in [0, 0.05) is 12.6 Å². The molecule has 0 radical (unpaired) electrons. The predicted molar refractivity (Wildman–Crippen MR) is 69.5 cm³/mol. The molecule has 1 aliphatic carbocycles. The number of hydrogen-bond donors (Lipinski definition) is 2. The second kappa shape index (κ2) is 5.05. The van der Waals surface area contributed by atoms with Gasteiger partial charge in [0.1, 0.15) is 0 Å². The molecule has 1 fully saturated rings. The standard InChI is InChI=1S/C14H29NO/c1-6-11(2)14(5,16)10-15-12-8-7-9-13(12,3)4/h11-12,15-16H,6-10H2,1-5H3. The Balaban J connectivity index is 2.45. The van der Waals surface area contributed by atoms with Gasteiger partial charge in [-0.25, -0.2) is 0 Å². The lowest BCUT2D eigenvalue weighted by Crippen LogP contribution is -2.49. The van der Waals surface area contributed by atoms with E-state index in [-0.39, 0.29) is 0 Å². The molecule has 1 aliphatic rings. The second-order valence-electron chi connectivity index (χ2n) is 6.48. The van der Waals surface area contributed by atoms with Crippen LogP contribution in [0.25, 0.3) is 0 Å². The maximum absolute atomic E-state index is 10.4. The summed E-state index contributed by atoms with van der Waals surface area (Å²) in [7, 11) is 0. The zero-order valence-electron chi connectivity index (χ0n) is 11.6. The van der Waals surface area contributed by atoms with Crippen LogP contribution in [0.3, 0.4) is 0 Å². The molecule has 2 heteroatoms. The molecule has 16 heavy (non-hydrogen) atoms. The fourth-order valence-electron chi connectivity index (χ4n) is 2.65. The van der Waals surface area contributed by atoms with Gasteiger partial charge in [-0.15, -0.1) is 0 Å². The van der Waals surface area contributed by atoms with Crippen molar-refractivity contribution >= 4 is 0 Å². The topological polar surface area (TPSA) is 32.3 Å². The maximum atomic E-state index is 10.4. The number of hydrogen-bond acceptors (Lipinski definition) is 2. The summed E-state index contributed by atoms with van der Waals surface area (Å²) in [4.78, 5) is 0. The highest BCUT2D eigenvalue weighted by molar-refractivity contribution is 4.92. The molecule has 1 rings (SSSR count). The van der Waals surface area contributed by atoms with Gasteiger partial charge in [0.25, 0.3) is 0 Å². The number of nitrogens with one attached hydrogen (secondary N) is 1. The third-order valence-electron chi connectivity index (χ3n) is 4.64. The molecule has 0 aromatic rings. The third kappa shape index (κ3) is 3.21. The highest BCUT2D eigenvalue weighted by atomic mass is 16.3. The molecule has 0 aliphatic heterocycles. The Morgan fingerprint density at radius 1 is 1.50 bits per heavy atom. The molecule has 0 aromatic carbocycles. The first-order chi connectivity index (χ1) is 7.29. The molecule has 1 saturated carbocycles. The summed E-state index contributed by atoms with van der Waals surface area (Å²) in [6, 6.07) is 0.572. The summed E-state index contributed by atoms with van der Waals surface area (Å²) in [5.41, 5.74) is -0.182.